The lowest BCUT2D eigenvalue weighted by Crippen LogP contribution is -2.55. The summed E-state index contributed by atoms with van der Waals surface area (Å²) in [4.78, 5) is 25.2. The Morgan fingerprint density at radius 1 is 1.12 bits per heavy atom. The maximum absolute atomic E-state index is 12.2. The summed E-state index contributed by atoms with van der Waals surface area (Å²) in [5.41, 5.74) is -0.628. The average Bonchev–Trinajstić information content (AvgIpc) is 2.25. The van der Waals surface area contributed by atoms with Crippen molar-refractivity contribution in [2.45, 2.75) is 40.2 Å². The van der Waals surface area contributed by atoms with Crippen LogP contribution in [0.25, 0.3) is 0 Å². The Balaban J connectivity index is 4.55. The van der Waals surface area contributed by atoms with Crippen molar-refractivity contribution in [1.29, 1.82) is 0 Å². The number of carbonyl (C=O) groups is 2. The molecule has 0 spiro atoms. The number of carbonyl (C=O) groups excluding carboxylic acids is 2. The molecule has 5 nitrogen and oxygen atoms in total. The molecule has 0 bridgehead atoms. The van der Waals surface area contributed by atoms with Crippen molar-refractivity contribution in [3.05, 3.63) is 0 Å². The molecule has 0 fully saturated rings. The van der Waals surface area contributed by atoms with E-state index >= 15 is 0 Å². The van der Waals surface area contributed by atoms with Crippen molar-refractivity contribution in [2.24, 2.45) is 0 Å². The third-order valence-corrected chi connectivity index (χ3v) is 2.53. The summed E-state index contributed by atoms with van der Waals surface area (Å²) in [7, 11) is 0. The molecule has 0 saturated heterocycles. The van der Waals surface area contributed by atoms with Crippen molar-refractivity contribution in [2.75, 3.05) is 26.2 Å². The molecule has 100 valence electrons. The van der Waals surface area contributed by atoms with E-state index < -0.39 is 5.54 Å². The molecule has 0 aromatic heterocycles. The molecule has 2 amide bonds. The van der Waals surface area contributed by atoms with Crippen LogP contribution in [0, 0.1) is 0 Å². The highest BCUT2D eigenvalue weighted by atomic mass is 16.2. The highest BCUT2D eigenvalue weighted by Crippen LogP contribution is 2.07. The van der Waals surface area contributed by atoms with Gasteiger partial charge in [0.15, 0.2) is 0 Å². The second-order valence-electron chi connectivity index (χ2n) is 4.43. The molecule has 2 N–H and O–H groups in total. The standard InChI is InChI=1S/C12H25N3O2/c1-6-13-10(16)9-15(8-3)11(17)12(4,5)14-7-2/h14H,6-9H2,1-5H3,(H,13,16). The Hall–Kier alpha value is -1.10. The van der Waals surface area contributed by atoms with Gasteiger partial charge in [-0.15, -0.1) is 0 Å². The molecule has 5 heteroatoms. The van der Waals surface area contributed by atoms with Gasteiger partial charge in [-0.1, -0.05) is 6.92 Å². The quantitative estimate of drug-likeness (QED) is 0.678. The van der Waals surface area contributed by atoms with Gasteiger partial charge in [0.1, 0.15) is 0 Å². The normalized spacial score (nSPS) is 11.1. The Morgan fingerprint density at radius 3 is 2.12 bits per heavy atom. The van der Waals surface area contributed by atoms with Crippen LogP contribution in [-0.2, 0) is 9.59 Å². The van der Waals surface area contributed by atoms with Crippen LogP contribution in [0.3, 0.4) is 0 Å². The first-order chi connectivity index (χ1) is 7.88. The van der Waals surface area contributed by atoms with Gasteiger partial charge >= 0.3 is 0 Å². The van der Waals surface area contributed by atoms with Crippen LogP contribution in [0.5, 0.6) is 0 Å². The van der Waals surface area contributed by atoms with Crippen molar-refractivity contribution in [3.63, 3.8) is 0 Å². The van der Waals surface area contributed by atoms with Gasteiger partial charge in [-0.05, 0) is 34.2 Å². The monoisotopic (exact) mass is 243 g/mol. The average molecular weight is 243 g/mol. The van der Waals surface area contributed by atoms with Gasteiger partial charge in [0, 0.05) is 13.1 Å². The zero-order valence-electron chi connectivity index (χ0n) is 11.6. The highest BCUT2D eigenvalue weighted by Gasteiger charge is 2.31. The van der Waals surface area contributed by atoms with E-state index in [4.69, 9.17) is 0 Å². The van der Waals surface area contributed by atoms with Gasteiger partial charge in [-0.3, -0.25) is 9.59 Å². The van der Waals surface area contributed by atoms with Crippen molar-refractivity contribution in [1.82, 2.24) is 15.5 Å². The SMILES string of the molecule is CCNC(=O)CN(CC)C(=O)C(C)(C)NCC. The molecular weight excluding hydrogens is 218 g/mol. The molecule has 0 heterocycles. The maximum atomic E-state index is 12.2. The van der Waals surface area contributed by atoms with Crippen molar-refractivity contribution < 1.29 is 9.59 Å². The lowest BCUT2D eigenvalue weighted by Gasteiger charge is -2.31. The zero-order valence-corrected chi connectivity index (χ0v) is 11.6. The zero-order chi connectivity index (χ0) is 13.5. The molecule has 0 aromatic carbocycles. The fourth-order valence-electron chi connectivity index (χ4n) is 1.67. The minimum Gasteiger partial charge on any atom is -0.355 e. The molecule has 0 saturated carbocycles. The number of hydrogen-bond donors (Lipinski definition) is 2. The summed E-state index contributed by atoms with van der Waals surface area (Å²) in [5.74, 6) is -0.164. The molecule has 0 radical (unpaired) electrons. The van der Waals surface area contributed by atoms with E-state index in [-0.39, 0.29) is 18.4 Å². The van der Waals surface area contributed by atoms with Crippen molar-refractivity contribution in [3.8, 4) is 0 Å². The summed E-state index contributed by atoms with van der Waals surface area (Å²) in [6.45, 7) is 11.3. The topological polar surface area (TPSA) is 61.4 Å². The van der Waals surface area contributed by atoms with Gasteiger partial charge in [0.05, 0.1) is 12.1 Å². The molecule has 17 heavy (non-hydrogen) atoms. The van der Waals surface area contributed by atoms with Crippen molar-refractivity contribution >= 4 is 11.8 Å². The van der Waals surface area contributed by atoms with E-state index in [9.17, 15) is 9.59 Å². The lowest BCUT2D eigenvalue weighted by atomic mass is 10.0. The molecular formula is C12H25N3O2. The molecule has 0 aromatic rings. The smallest absolute Gasteiger partial charge is 0.242 e. The van der Waals surface area contributed by atoms with E-state index in [0.717, 1.165) is 6.54 Å². The van der Waals surface area contributed by atoms with Crippen LogP contribution in [0.2, 0.25) is 0 Å². The number of rotatable bonds is 7. The largest absolute Gasteiger partial charge is 0.355 e. The number of amides is 2. The first-order valence-corrected chi connectivity index (χ1v) is 6.20. The second kappa shape index (κ2) is 7.27. The highest BCUT2D eigenvalue weighted by molar-refractivity contribution is 5.89. The van der Waals surface area contributed by atoms with Crippen LogP contribution in [0.15, 0.2) is 0 Å². The maximum Gasteiger partial charge on any atom is 0.242 e. The predicted octanol–water partition coefficient (Wildman–Crippen LogP) is 0.359. The fourth-order valence-corrected chi connectivity index (χ4v) is 1.67. The molecule has 0 rings (SSSR count). The van der Waals surface area contributed by atoms with Gasteiger partial charge in [0.2, 0.25) is 11.8 Å². The Bertz CT molecular complexity index is 264. The number of nitrogens with one attached hydrogen (secondary N) is 2. The van der Waals surface area contributed by atoms with Crippen LogP contribution < -0.4 is 10.6 Å². The van der Waals surface area contributed by atoms with Gasteiger partial charge in [-0.25, -0.2) is 0 Å². The fraction of sp³-hybridized carbons (Fsp3) is 0.833. The molecule has 0 aliphatic carbocycles. The van der Waals surface area contributed by atoms with Crippen LogP contribution in [0.4, 0.5) is 0 Å². The van der Waals surface area contributed by atoms with E-state index in [0.29, 0.717) is 13.1 Å². The van der Waals surface area contributed by atoms with Crippen LogP contribution >= 0.6 is 0 Å². The molecule has 0 atom stereocenters. The van der Waals surface area contributed by atoms with E-state index in [1.807, 2.05) is 34.6 Å². The molecule has 0 unspecified atom stereocenters. The summed E-state index contributed by atoms with van der Waals surface area (Å²) in [6, 6.07) is 0. The second-order valence-corrected chi connectivity index (χ2v) is 4.43. The minimum absolute atomic E-state index is 0.0481. The molecule has 0 aliphatic rings. The van der Waals surface area contributed by atoms with E-state index in [1.54, 1.807) is 4.90 Å². The van der Waals surface area contributed by atoms with E-state index in [1.165, 1.54) is 0 Å². The third-order valence-electron chi connectivity index (χ3n) is 2.53. The number of likely N-dealkylation sites (N-methyl/N-ethyl adjacent to an activating group) is 3. The minimum atomic E-state index is -0.628. The van der Waals surface area contributed by atoms with Gasteiger partial charge < -0.3 is 15.5 Å². The third kappa shape index (κ3) is 5.17. The first kappa shape index (κ1) is 15.9. The summed E-state index contributed by atoms with van der Waals surface area (Å²) >= 11 is 0. The van der Waals surface area contributed by atoms with Gasteiger partial charge in [-0.2, -0.15) is 0 Å². The summed E-state index contributed by atoms with van der Waals surface area (Å²) in [6.07, 6.45) is 0. The number of nitrogens with zero attached hydrogens (tertiary/aromatic N) is 1. The Morgan fingerprint density at radius 2 is 1.71 bits per heavy atom. The summed E-state index contributed by atoms with van der Waals surface area (Å²) in [5, 5.41) is 5.81. The first-order valence-electron chi connectivity index (χ1n) is 6.20. The predicted molar refractivity (Wildman–Crippen MR) is 68.7 cm³/mol. The molecule has 0 aliphatic heterocycles. The van der Waals surface area contributed by atoms with Crippen LogP contribution in [0.1, 0.15) is 34.6 Å². The van der Waals surface area contributed by atoms with Crippen LogP contribution in [-0.4, -0.2) is 48.4 Å². The van der Waals surface area contributed by atoms with E-state index in [2.05, 4.69) is 10.6 Å². The Labute approximate surface area is 104 Å². The summed E-state index contributed by atoms with van der Waals surface area (Å²) < 4.78 is 0. The van der Waals surface area contributed by atoms with Gasteiger partial charge in [0.25, 0.3) is 0 Å². The number of hydrogen-bond acceptors (Lipinski definition) is 3. The Kier molecular flexibility index (Phi) is 6.80. The lowest BCUT2D eigenvalue weighted by molar-refractivity contribution is -0.140.